The van der Waals surface area contributed by atoms with E-state index in [-0.39, 0.29) is 16.8 Å². The Kier molecular flexibility index (Phi) is 7.85. The molecule has 42 heavy (non-hydrogen) atoms. The standard InChI is InChI=1S/C32H35N5O4S/c1-22-20-36(21-27-7-4-18-41-27)16-17-37(22)32(38)24-9-12-26(13-10-24)35-42(39,40)30-14-11-25(33)19-29(30)28-8-2-5-23-6-3-15-34-31(23)28/h2-3,5-6,8-15,19,22,27,35H,4,7,16-18,20-21,33H2,1H3/t22-,27?/m1/s1. The van der Waals surface area contributed by atoms with Crippen molar-refractivity contribution in [3.8, 4) is 11.1 Å². The fourth-order valence-corrected chi connectivity index (χ4v) is 7.21. The zero-order chi connectivity index (χ0) is 29.3. The molecule has 1 amide bonds. The molecule has 2 fully saturated rings. The van der Waals surface area contributed by atoms with Crippen LogP contribution in [0.3, 0.4) is 0 Å². The third-order valence-corrected chi connectivity index (χ3v) is 9.50. The number of ether oxygens (including phenoxy) is 1. The lowest BCUT2D eigenvalue weighted by molar-refractivity contribution is 0.0279. The first-order chi connectivity index (χ1) is 20.3. The summed E-state index contributed by atoms with van der Waals surface area (Å²) in [5, 5.41) is 0.896. The molecule has 0 aliphatic carbocycles. The van der Waals surface area contributed by atoms with Gasteiger partial charge in [-0.25, -0.2) is 8.42 Å². The molecule has 4 aromatic rings. The number of aromatic nitrogens is 1. The average molecular weight is 586 g/mol. The normalized spacial score (nSPS) is 19.7. The second-order valence-electron chi connectivity index (χ2n) is 11.1. The van der Waals surface area contributed by atoms with Crippen molar-refractivity contribution >= 4 is 38.2 Å². The molecule has 2 saturated heterocycles. The van der Waals surface area contributed by atoms with Crippen LogP contribution in [0.4, 0.5) is 11.4 Å². The van der Waals surface area contributed by atoms with Crippen molar-refractivity contribution in [2.24, 2.45) is 0 Å². The van der Waals surface area contributed by atoms with Crippen LogP contribution in [0.2, 0.25) is 0 Å². The molecule has 1 unspecified atom stereocenters. The number of rotatable bonds is 7. The van der Waals surface area contributed by atoms with Crippen LogP contribution in [0.1, 0.15) is 30.1 Å². The van der Waals surface area contributed by atoms with Gasteiger partial charge >= 0.3 is 0 Å². The maximum Gasteiger partial charge on any atom is 0.262 e. The maximum absolute atomic E-state index is 13.6. The summed E-state index contributed by atoms with van der Waals surface area (Å²) in [6.45, 7) is 6.08. The molecule has 2 aliphatic heterocycles. The van der Waals surface area contributed by atoms with Gasteiger partial charge in [-0.3, -0.25) is 19.4 Å². The first-order valence-electron chi connectivity index (χ1n) is 14.3. The Bertz CT molecular complexity index is 1700. The smallest absolute Gasteiger partial charge is 0.262 e. The first kappa shape index (κ1) is 28.1. The van der Waals surface area contributed by atoms with Crippen LogP contribution < -0.4 is 10.5 Å². The fraction of sp³-hybridized carbons (Fsp3) is 0.312. The summed E-state index contributed by atoms with van der Waals surface area (Å²) in [5.41, 5.74) is 9.24. The fourth-order valence-electron chi connectivity index (χ4n) is 5.95. The van der Waals surface area contributed by atoms with E-state index in [0.29, 0.717) is 46.2 Å². The Morgan fingerprint density at radius 1 is 1.05 bits per heavy atom. The van der Waals surface area contributed by atoms with Crippen molar-refractivity contribution in [1.29, 1.82) is 0 Å². The van der Waals surface area contributed by atoms with Gasteiger partial charge in [-0.1, -0.05) is 24.3 Å². The second-order valence-corrected chi connectivity index (χ2v) is 12.7. The summed E-state index contributed by atoms with van der Waals surface area (Å²) in [7, 11) is -4.00. The van der Waals surface area contributed by atoms with Gasteiger partial charge in [0.15, 0.2) is 0 Å². The van der Waals surface area contributed by atoms with Gasteiger partial charge < -0.3 is 15.4 Å². The van der Waals surface area contributed by atoms with Crippen molar-refractivity contribution in [3.63, 3.8) is 0 Å². The molecule has 6 rings (SSSR count). The molecule has 3 N–H and O–H groups in total. The zero-order valence-corrected chi connectivity index (χ0v) is 24.4. The molecular weight excluding hydrogens is 550 g/mol. The van der Waals surface area contributed by atoms with Gasteiger partial charge in [0.25, 0.3) is 15.9 Å². The number of amides is 1. The van der Waals surface area contributed by atoms with E-state index in [1.165, 1.54) is 6.07 Å². The molecule has 3 heterocycles. The number of benzene rings is 3. The van der Waals surface area contributed by atoms with E-state index in [0.717, 1.165) is 44.5 Å². The van der Waals surface area contributed by atoms with Gasteiger partial charge in [-0.15, -0.1) is 0 Å². The van der Waals surface area contributed by atoms with Crippen LogP contribution >= 0.6 is 0 Å². The van der Waals surface area contributed by atoms with Gasteiger partial charge in [0.05, 0.1) is 16.5 Å². The predicted molar refractivity (Wildman–Crippen MR) is 165 cm³/mol. The average Bonchev–Trinajstić information content (AvgIpc) is 3.50. The molecule has 0 saturated carbocycles. The number of nitrogens with zero attached hydrogens (tertiary/aromatic N) is 3. The maximum atomic E-state index is 13.6. The van der Waals surface area contributed by atoms with E-state index in [1.807, 2.05) is 35.2 Å². The largest absolute Gasteiger partial charge is 0.399 e. The van der Waals surface area contributed by atoms with Gasteiger partial charge in [0, 0.05) is 78.5 Å². The van der Waals surface area contributed by atoms with Crippen LogP contribution in [-0.2, 0) is 14.8 Å². The van der Waals surface area contributed by atoms with Crippen molar-refractivity contribution in [2.75, 3.05) is 43.2 Å². The number of nitrogens with two attached hydrogens (primary N) is 1. The Morgan fingerprint density at radius 3 is 2.62 bits per heavy atom. The molecule has 2 aliphatic rings. The number of fused-ring (bicyclic) bond motifs is 1. The molecule has 3 aromatic carbocycles. The summed E-state index contributed by atoms with van der Waals surface area (Å²) in [6.07, 6.45) is 4.19. The van der Waals surface area contributed by atoms with Crippen LogP contribution in [0.5, 0.6) is 0 Å². The Morgan fingerprint density at radius 2 is 1.86 bits per heavy atom. The zero-order valence-electron chi connectivity index (χ0n) is 23.6. The quantitative estimate of drug-likeness (QED) is 0.304. The number of piperazine rings is 1. The van der Waals surface area contributed by atoms with Crippen molar-refractivity contribution < 1.29 is 17.9 Å². The van der Waals surface area contributed by atoms with E-state index in [1.54, 1.807) is 42.6 Å². The monoisotopic (exact) mass is 585 g/mol. The number of hydrogen-bond donors (Lipinski definition) is 2. The number of pyridine rings is 1. The first-order valence-corrected chi connectivity index (χ1v) is 15.8. The number of hydrogen-bond acceptors (Lipinski definition) is 7. The van der Waals surface area contributed by atoms with E-state index >= 15 is 0 Å². The molecule has 218 valence electrons. The lowest BCUT2D eigenvalue weighted by atomic mass is 10.0. The molecule has 2 atom stereocenters. The molecule has 0 radical (unpaired) electrons. The van der Waals surface area contributed by atoms with Crippen LogP contribution in [0.15, 0.2) is 83.9 Å². The summed E-state index contributed by atoms with van der Waals surface area (Å²) < 4.78 is 35.7. The summed E-state index contributed by atoms with van der Waals surface area (Å²) >= 11 is 0. The van der Waals surface area contributed by atoms with Gasteiger partial charge in [0.2, 0.25) is 0 Å². The minimum Gasteiger partial charge on any atom is -0.399 e. The second kappa shape index (κ2) is 11.7. The van der Waals surface area contributed by atoms with E-state index in [4.69, 9.17) is 10.5 Å². The van der Waals surface area contributed by atoms with Crippen molar-refractivity contribution in [1.82, 2.24) is 14.8 Å². The topological polar surface area (TPSA) is 118 Å². The molecule has 1 aromatic heterocycles. The van der Waals surface area contributed by atoms with E-state index in [9.17, 15) is 13.2 Å². The summed E-state index contributed by atoms with van der Waals surface area (Å²) in [4.78, 5) is 22.2. The third kappa shape index (κ3) is 5.83. The SMILES string of the molecule is C[C@@H]1CN(CC2CCCO2)CCN1C(=O)c1ccc(NS(=O)(=O)c2ccc(N)cc2-c2cccc3cccnc23)cc1. The van der Waals surface area contributed by atoms with Gasteiger partial charge in [-0.05, 0) is 68.3 Å². The van der Waals surface area contributed by atoms with E-state index in [2.05, 4.69) is 21.5 Å². The van der Waals surface area contributed by atoms with Gasteiger partial charge in [0.1, 0.15) is 0 Å². The van der Waals surface area contributed by atoms with E-state index < -0.39 is 10.0 Å². The molecule has 9 nitrogen and oxygen atoms in total. The molecule has 0 bridgehead atoms. The highest BCUT2D eigenvalue weighted by Crippen LogP contribution is 2.34. The number of sulfonamides is 1. The van der Waals surface area contributed by atoms with Crippen molar-refractivity contribution in [2.45, 2.75) is 36.8 Å². The highest BCUT2D eigenvalue weighted by atomic mass is 32.2. The molecule has 10 heteroatoms. The number of nitrogen functional groups attached to an aromatic ring is 1. The van der Waals surface area contributed by atoms with Crippen LogP contribution in [0, 0.1) is 0 Å². The molecule has 0 spiro atoms. The van der Waals surface area contributed by atoms with Gasteiger partial charge in [-0.2, -0.15) is 0 Å². The van der Waals surface area contributed by atoms with Crippen LogP contribution in [0.25, 0.3) is 22.0 Å². The van der Waals surface area contributed by atoms with Crippen LogP contribution in [-0.4, -0.2) is 74.0 Å². The lowest BCUT2D eigenvalue weighted by Gasteiger charge is -2.40. The summed E-state index contributed by atoms with van der Waals surface area (Å²) in [5.74, 6) is -0.0575. The Hall–Kier alpha value is -3.99. The number of carbonyl (C=O) groups is 1. The number of anilines is 2. The van der Waals surface area contributed by atoms with Crippen molar-refractivity contribution in [3.05, 3.63) is 84.6 Å². The predicted octanol–water partition coefficient (Wildman–Crippen LogP) is 4.61. The highest BCUT2D eigenvalue weighted by Gasteiger charge is 2.30. The highest BCUT2D eigenvalue weighted by molar-refractivity contribution is 7.92. The Balaban J connectivity index is 1.18. The number of nitrogens with one attached hydrogen (secondary N) is 1. The number of carbonyl (C=O) groups excluding carboxylic acids is 1. The molecular formula is C32H35N5O4S. The third-order valence-electron chi connectivity index (χ3n) is 8.06. The minimum atomic E-state index is -4.00. The number of para-hydroxylation sites is 1. The Labute approximate surface area is 246 Å². The minimum absolute atomic E-state index is 0.0575. The summed E-state index contributed by atoms with van der Waals surface area (Å²) in [6, 6.07) is 20.8. The lowest BCUT2D eigenvalue weighted by Crippen LogP contribution is -2.55.